The quantitative estimate of drug-likeness (QED) is 0.442. The van der Waals surface area contributed by atoms with Gasteiger partial charge in [0.15, 0.2) is 5.65 Å². The van der Waals surface area contributed by atoms with Gasteiger partial charge in [-0.15, -0.1) is 0 Å². The van der Waals surface area contributed by atoms with Crippen LogP contribution in [0.4, 0.5) is 11.9 Å². The highest BCUT2D eigenvalue weighted by molar-refractivity contribution is 5.62. The number of nitrogens with one attached hydrogen (secondary N) is 2. The van der Waals surface area contributed by atoms with E-state index in [9.17, 15) is 0 Å². The molecule has 9 nitrogen and oxygen atoms in total. The van der Waals surface area contributed by atoms with Gasteiger partial charge in [-0.25, -0.2) is 0 Å². The van der Waals surface area contributed by atoms with Gasteiger partial charge in [-0.3, -0.25) is 0 Å². The van der Waals surface area contributed by atoms with Crippen LogP contribution in [0.5, 0.6) is 0 Å². The molecule has 0 bridgehead atoms. The third-order valence-electron chi connectivity index (χ3n) is 5.89. The second-order valence-corrected chi connectivity index (χ2v) is 8.57. The van der Waals surface area contributed by atoms with E-state index in [1.165, 1.54) is 0 Å². The number of fused-ring (bicyclic) bond motifs is 1. The number of rotatable bonds is 7. The standard InChI is InChI=1S/C24H28N8O/c1-16(2)21-15-28-32-22(21)30-23(29-20-8-11-33-12-9-20)31-24(32)25-13-17-3-5-18(6-4-17)19-7-10-26-27-14-19/h3-7,10,14-16,20H,8-9,11-13H2,1-2H3,(H2,25,29,30,31). The molecule has 9 heteroatoms. The Labute approximate surface area is 192 Å². The summed E-state index contributed by atoms with van der Waals surface area (Å²) in [6.07, 6.45) is 7.25. The van der Waals surface area contributed by atoms with Gasteiger partial charge in [0.1, 0.15) is 0 Å². The van der Waals surface area contributed by atoms with Crippen molar-refractivity contribution in [2.75, 3.05) is 23.8 Å². The first-order chi connectivity index (χ1) is 16.2. The Balaban J connectivity index is 1.38. The maximum Gasteiger partial charge on any atom is 0.229 e. The van der Waals surface area contributed by atoms with Crippen LogP contribution in [0, 0.1) is 0 Å². The van der Waals surface area contributed by atoms with E-state index in [4.69, 9.17) is 14.7 Å². The molecule has 1 saturated heterocycles. The predicted molar refractivity (Wildman–Crippen MR) is 127 cm³/mol. The van der Waals surface area contributed by atoms with Crippen molar-refractivity contribution >= 4 is 17.5 Å². The lowest BCUT2D eigenvalue weighted by Gasteiger charge is -2.23. The molecule has 0 amide bonds. The summed E-state index contributed by atoms with van der Waals surface area (Å²) in [4.78, 5) is 9.56. The van der Waals surface area contributed by atoms with E-state index in [-0.39, 0.29) is 0 Å². The Hall–Kier alpha value is -3.59. The minimum absolute atomic E-state index is 0.315. The van der Waals surface area contributed by atoms with Gasteiger partial charge in [0, 0.05) is 36.9 Å². The second-order valence-electron chi connectivity index (χ2n) is 8.57. The zero-order chi connectivity index (χ0) is 22.6. The number of benzene rings is 1. The Morgan fingerprint density at radius 2 is 1.82 bits per heavy atom. The van der Waals surface area contributed by atoms with E-state index in [1.54, 1.807) is 16.9 Å². The number of anilines is 2. The third-order valence-corrected chi connectivity index (χ3v) is 5.89. The molecule has 33 heavy (non-hydrogen) atoms. The zero-order valence-corrected chi connectivity index (χ0v) is 18.9. The van der Waals surface area contributed by atoms with Crippen LogP contribution in [0.2, 0.25) is 0 Å². The van der Waals surface area contributed by atoms with E-state index in [0.717, 1.165) is 54.0 Å². The minimum Gasteiger partial charge on any atom is -0.381 e. The monoisotopic (exact) mass is 444 g/mol. The van der Waals surface area contributed by atoms with Crippen molar-refractivity contribution in [3.8, 4) is 11.1 Å². The average Bonchev–Trinajstić information content (AvgIpc) is 3.29. The van der Waals surface area contributed by atoms with Crippen molar-refractivity contribution in [2.45, 2.75) is 45.2 Å². The normalized spacial score (nSPS) is 14.6. The van der Waals surface area contributed by atoms with E-state index < -0.39 is 0 Å². The van der Waals surface area contributed by atoms with Crippen molar-refractivity contribution in [1.29, 1.82) is 0 Å². The van der Waals surface area contributed by atoms with Crippen LogP contribution in [0.15, 0.2) is 48.9 Å². The van der Waals surface area contributed by atoms with Crippen LogP contribution in [0.3, 0.4) is 0 Å². The molecule has 4 heterocycles. The summed E-state index contributed by atoms with van der Waals surface area (Å²) < 4.78 is 7.27. The zero-order valence-electron chi connectivity index (χ0n) is 18.9. The van der Waals surface area contributed by atoms with Crippen LogP contribution in [-0.2, 0) is 11.3 Å². The maximum atomic E-state index is 5.48. The summed E-state index contributed by atoms with van der Waals surface area (Å²) in [6.45, 7) is 6.45. The third kappa shape index (κ3) is 4.78. The van der Waals surface area contributed by atoms with Gasteiger partial charge in [0.2, 0.25) is 11.9 Å². The highest BCUT2D eigenvalue weighted by atomic mass is 16.5. The van der Waals surface area contributed by atoms with Crippen LogP contribution in [0.25, 0.3) is 16.8 Å². The minimum atomic E-state index is 0.315. The molecule has 2 N–H and O–H groups in total. The highest BCUT2D eigenvalue weighted by Gasteiger charge is 2.18. The van der Waals surface area contributed by atoms with Crippen molar-refractivity contribution in [2.24, 2.45) is 0 Å². The Kier molecular flexibility index (Phi) is 6.12. The molecule has 0 radical (unpaired) electrons. The number of ether oxygens (including phenoxy) is 1. The van der Waals surface area contributed by atoms with Crippen LogP contribution in [0.1, 0.15) is 43.7 Å². The van der Waals surface area contributed by atoms with Crippen LogP contribution < -0.4 is 10.6 Å². The lowest BCUT2D eigenvalue weighted by molar-refractivity contribution is 0.0903. The van der Waals surface area contributed by atoms with Gasteiger partial charge in [-0.2, -0.15) is 29.8 Å². The van der Waals surface area contributed by atoms with Gasteiger partial charge in [0.25, 0.3) is 0 Å². The van der Waals surface area contributed by atoms with Gasteiger partial charge in [-0.05, 0) is 36.0 Å². The molecule has 0 unspecified atom stereocenters. The molecule has 1 aliphatic heterocycles. The maximum absolute atomic E-state index is 5.48. The fourth-order valence-corrected chi connectivity index (χ4v) is 3.96. The number of aromatic nitrogens is 6. The first-order valence-corrected chi connectivity index (χ1v) is 11.4. The molecular formula is C24H28N8O. The Bertz CT molecular complexity index is 1200. The van der Waals surface area contributed by atoms with Crippen molar-refractivity contribution < 1.29 is 4.74 Å². The molecule has 5 rings (SSSR count). The van der Waals surface area contributed by atoms with Gasteiger partial charge < -0.3 is 15.4 Å². The molecule has 1 aromatic carbocycles. The molecule has 0 saturated carbocycles. The summed E-state index contributed by atoms with van der Waals surface area (Å²) in [6, 6.07) is 10.7. The molecule has 0 spiro atoms. The van der Waals surface area contributed by atoms with Crippen LogP contribution in [-0.4, -0.2) is 49.0 Å². The summed E-state index contributed by atoms with van der Waals surface area (Å²) in [7, 11) is 0. The average molecular weight is 445 g/mol. The van der Waals surface area contributed by atoms with E-state index in [1.807, 2.05) is 12.3 Å². The molecule has 170 valence electrons. The smallest absolute Gasteiger partial charge is 0.229 e. The van der Waals surface area contributed by atoms with Gasteiger partial charge in [-0.1, -0.05) is 38.1 Å². The Morgan fingerprint density at radius 1 is 1.00 bits per heavy atom. The topological polar surface area (TPSA) is 102 Å². The highest BCUT2D eigenvalue weighted by Crippen LogP contribution is 2.24. The molecule has 0 atom stereocenters. The summed E-state index contributed by atoms with van der Waals surface area (Å²) in [5.74, 6) is 1.61. The SMILES string of the molecule is CC(C)c1cnn2c(NCc3ccc(-c4ccnnc4)cc3)nc(NC3CCOCC3)nc12. The van der Waals surface area contributed by atoms with E-state index >= 15 is 0 Å². The second kappa shape index (κ2) is 9.50. The van der Waals surface area contributed by atoms with Gasteiger partial charge in [0.05, 0.1) is 18.6 Å². The summed E-state index contributed by atoms with van der Waals surface area (Å²) in [5, 5.41) is 19.3. The fourth-order valence-electron chi connectivity index (χ4n) is 3.96. The van der Waals surface area contributed by atoms with Gasteiger partial charge >= 0.3 is 0 Å². The Morgan fingerprint density at radius 3 is 2.55 bits per heavy atom. The van der Waals surface area contributed by atoms with Crippen molar-refractivity contribution in [3.05, 3.63) is 60.0 Å². The first kappa shape index (κ1) is 21.3. The van der Waals surface area contributed by atoms with E-state index in [2.05, 4.69) is 64.0 Å². The van der Waals surface area contributed by atoms with Crippen molar-refractivity contribution in [3.63, 3.8) is 0 Å². The molecule has 3 aromatic heterocycles. The number of hydrogen-bond donors (Lipinski definition) is 2. The largest absolute Gasteiger partial charge is 0.381 e. The molecule has 1 fully saturated rings. The van der Waals surface area contributed by atoms with E-state index in [0.29, 0.717) is 30.4 Å². The number of hydrogen-bond acceptors (Lipinski definition) is 8. The first-order valence-electron chi connectivity index (χ1n) is 11.4. The summed E-state index contributed by atoms with van der Waals surface area (Å²) >= 11 is 0. The summed E-state index contributed by atoms with van der Waals surface area (Å²) in [5.41, 5.74) is 5.23. The van der Waals surface area contributed by atoms with Crippen LogP contribution >= 0.6 is 0 Å². The molecular weight excluding hydrogens is 416 g/mol. The molecule has 4 aromatic rings. The lowest BCUT2D eigenvalue weighted by atomic mass is 10.1. The van der Waals surface area contributed by atoms with Crippen molar-refractivity contribution in [1.82, 2.24) is 29.8 Å². The fraction of sp³-hybridized carbons (Fsp3) is 0.375. The molecule has 0 aliphatic carbocycles. The predicted octanol–water partition coefficient (Wildman–Crippen LogP) is 3.91. The molecule has 1 aliphatic rings. The lowest BCUT2D eigenvalue weighted by Crippen LogP contribution is -2.29. The number of nitrogens with zero attached hydrogens (tertiary/aromatic N) is 6.